The van der Waals surface area contributed by atoms with Gasteiger partial charge in [0.05, 0.1) is 40.8 Å². The molecule has 0 aromatic heterocycles. The van der Waals surface area contributed by atoms with Gasteiger partial charge in [0.15, 0.2) is 0 Å². The molecule has 8 aromatic carbocycles. The van der Waals surface area contributed by atoms with Gasteiger partial charge in [-0.3, -0.25) is 9.98 Å². The molecule has 0 amide bonds. The van der Waals surface area contributed by atoms with Gasteiger partial charge in [0.1, 0.15) is 0 Å². The van der Waals surface area contributed by atoms with Crippen LogP contribution in [0.2, 0.25) is 0 Å². The Bertz CT molecular complexity index is 3120. The van der Waals surface area contributed by atoms with Crippen molar-refractivity contribution in [3.05, 3.63) is 263 Å². The van der Waals surface area contributed by atoms with Gasteiger partial charge in [-0.1, -0.05) is 188 Å². The van der Waals surface area contributed by atoms with E-state index in [9.17, 15) is 0 Å². The van der Waals surface area contributed by atoms with Crippen LogP contribution in [0.5, 0.6) is 0 Å². The molecule has 0 heterocycles. The molecule has 312 valence electrons. The molecule has 4 N–H and O–H groups in total. The van der Waals surface area contributed by atoms with E-state index in [1.165, 1.54) is 0 Å². The number of aliphatic imine (C=N–C) groups is 4. The van der Waals surface area contributed by atoms with Gasteiger partial charge >= 0.3 is 0 Å². The van der Waals surface area contributed by atoms with Crippen molar-refractivity contribution >= 4 is 45.0 Å². The molecule has 6 heteroatoms. The molecule has 0 radical (unpaired) electrons. The Labute approximate surface area is 376 Å². The number of fused-ring (bicyclic) bond motifs is 1. The lowest BCUT2D eigenvalue weighted by molar-refractivity contribution is 1.07. The summed E-state index contributed by atoms with van der Waals surface area (Å²) in [5.41, 5.74) is 28.0. The number of nitrogens with zero attached hydrogens (tertiary/aromatic N) is 4. The Morgan fingerprint density at radius 1 is 0.438 bits per heavy atom. The van der Waals surface area contributed by atoms with Crippen LogP contribution >= 0.6 is 0 Å². The van der Waals surface area contributed by atoms with Crippen LogP contribution in [-0.2, 0) is 6.54 Å². The first-order valence-corrected chi connectivity index (χ1v) is 21.4. The first-order valence-electron chi connectivity index (χ1n) is 21.4. The molecule has 0 aliphatic carbocycles. The van der Waals surface area contributed by atoms with Crippen LogP contribution in [0.25, 0.3) is 33.3 Å². The van der Waals surface area contributed by atoms with Crippen molar-refractivity contribution in [1.29, 1.82) is 0 Å². The molecule has 8 aromatic rings. The van der Waals surface area contributed by atoms with Gasteiger partial charge in [-0.15, -0.1) is 0 Å². The minimum absolute atomic E-state index is 0.353. The quantitative estimate of drug-likeness (QED) is 0.113. The molecule has 0 bridgehead atoms. The summed E-state index contributed by atoms with van der Waals surface area (Å²) in [5, 5.41) is 2.25. The Kier molecular flexibility index (Phi) is 13.3. The van der Waals surface area contributed by atoms with Crippen LogP contribution in [0.15, 0.2) is 233 Å². The minimum Gasteiger partial charge on any atom is -0.403 e. The molecular weight excluding hydrogens is 781 g/mol. The van der Waals surface area contributed by atoms with Crippen molar-refractivity contribution in [2.24, 2.45) is 31.4 Å². The number of hydrogen-bond acceptors (Lipinski definition) is 6. The summed E-state index contributed by atoms with van der Waals surface area (Å²) in [7, 11) is 1.81. The molecule has 0 aliphatic heterocycles. The molecule has 64 heavy (non-hydrogen) atoms. The van der Waals surface area contributed by atoms with Crippen LogP contribution in [0.3, 0.4) is 0 Å². The third kappa shape index (κ3) is 9.47. The average Bonchev–Trinajstić information content (AvgIpc) is 3.35. The first kappa shape index (κ1) is 42.5. The van der Waals surface area contributed by atoms with E-state index < -0.39 is 0 Å². The topological polar surface area (TPSA) is 101 Å². The largest absolute Gasteiger partial charge is 0.403 e. The molecular formula is C58H50N6. The maximum atomic E-state index is 6.51. The fourth-order valence-electron chi connectivity index (χ4n) is 7.96. The van der Waals surface area contributed by atoms with Gasteiger partial charge < -0.3 is 11.5 Å². The summed E-state index contributed by atoms with van der Waals surface area (Å²) >= 11 is 0. The second-order valence-corrected chi connectivity index (χ2v) is 15.4. The van der Waals surface area contributed by atoms with Crippen LogP contribution in [0, 0.1) is 13.8 Å². The van der Waals surface area contributed by atoms with Gasteiger partial charge in [0.2, 0.25) is 0 Å². The zero-order valence-corrected chi connectivity index (χ0v) is 36.4. The Morgan fingerprint density at radius 3 is 1.66 bits per heavy atom. The molecule has 0 unspecified atom stereocenters. The maximum absolute atomic E-state index is 6.51. The lowest BCUT2D eigenvalue weighted by Gasteiger charge is -2.17. The zero-order valence-electron chi connectivity index (χ0n) is 36.4. The van der Waals surface area contributed by atoms with Gasteiger partial charge in [-0.25, -0.2) is 9.98 Å². The van der Waals surface area contributed by atoms with Crippen molar-refractivity contribution < 1.29 is 0 Å². The molecule has 0 saturated carbocycles. The summed E-state index contributed by atoms with van der Waals surface area (Å²) in [6, 6.07) is 68.3. The Morgan fingerprint density at radius 2 is 0.984 bits per heavy atom. The molecule has 6 nitrogen and oxygen atoms in total. The molecule has 0 fully saturated rings. The van der Waals surface area contributed by atoms with Crippen LogP contribution in [0.4, 0.5) is 0 Å². The highest BCUT2D eigenvalue weighted by Gasteiger charge is 2.21. The van der Waals surface area contributed by atoms with Crippen LogP contribution < -0.4 is 11.5 Å². The van der Waals surface area contributed by atoms with Crippen molar-refractivity contribution in [3.8, 4) is 11.1 Å². The highest BCUT2D eigenvalue weighted by molar-refractivity contribution is 6.55. The maximum Gasteiger partial charge on any atom is 0.0968 e. The summed E-state index contributed by atoms with van der Waals surface area (Å²) in [4.78, 5) is 21.1. The molecule has 0 spiro atoms. The summed E-state index contributed by atoms with van der Waals surface area (Å²) in [5.74, 6) is 0. The van der Waals surface area contributed by atoms with Gasteiger partial charge in [0, 0.05) is 52.8 Å². The highest BCUT2D eigenvalue weighted by Crippen LogP contribution is 2.31. The van der Waals surface area contributed by atoms with E-state index >= 15 is 0 Å². The van der Waals surface area contributed by atoms with E-state index in [1.807, 2.05) is 92.0 Å². The molecule has 0 saturated heterocycles. The third-order valence-corrected chi connectivity index (χ3v) is 11.3. The third-order valence-electron chi connectivity index (χ3n) is 11.3. The van der Waals surface area contributed by atoms with E-state index in [1.54, 1.807) is 12.4 Å². The number of hydrogen-bond donors (Lipinski definition) is 2. The standard InChI is InChI=1S/C58H50N6/c1-40-19-10-14-29-49(40)57(61-3)56(63-53(37-59)47-34-33-43-22-12-13-27-46(43)36-47)48-28-18-21-42(35-48)39-62-58(50-30-15-11-20-41(50)2)55(45-25-8-5-9-26-45)64-54(38-60)52-32-17-16-31-51(52)44-23-6-4-7-24-44/h4-38H,39,59-60H2,1-3H3. The fourth-order valence-corrected chi connectivity index (χ4v) is 7.96. The van der Waals surface area contributed by atoms with E-state index in [2.05, 4.69) is 129 Å². The lowest BCUT2D eigenvalue weighted by Crippen LogP contribution is -2.20. The second-order valence-electron chi connectivity index (χ2n) is 15.4. The highest BCUT2D eigenvalue weighted by atomic mass is 14.8. The second kappa shape index (κ2) is 20.1. The smallest absolute Gasteiger partial charge is 0.0968 e. The van der Waals surface area contributed by atoms with Crippen molar-refractivity contribution in [3.63, 3.8) is 0 Å². The first-order chi connectivity index (χ1) is 31.4. The number of benzene rings is 8. The van der Waals surface area contributed by atoms with E-state index in [-0.39, 0.29) is 0 Å². The molecule has 8 rings (SSSR count). The van der Waals surface area contributed by atoms with Crippen LogP contribution in [-0.4, -0.2) is 29.9 Å². The van der Waals surface area contributed by atoms with Crippen molar-refractivity contribution in [2.45, 2.75) is 20.4 Å². The summed E-state index contributed by atoms with van der Waals surface area (Å²) in [6.45, 7) is 4.55. The molecule has 0 atom stereocenters. The van der Waals surface area contributed by atoms with Gasteiger partial charge in [-0.2, -0.15) is 0 Å². The van der Waals surface area contributed by atoms with E-state index in [0.29, 0.717) is 29.4 Å². The van der Waals surface area contributed by atoms with Crippen LogP contribution in [0.1, 0.15) is 50.1 Å². The summed E-state index contributed by atoms with van der Waals surface area (Å²) < 4.78 is 0. The monoisotopic (exact) mass is 830 g/mol. The van der Waals surface area contributed by atoms with Gasteiger partial charge in [0.25, 0.3) is 0 Å². The SMILES string of the molecule is CN=C(C(=NC(=CN)c1ccc2ccccc2c1)c1cccc(CN=C(C(=NC(=CN)c2ccccc2-c2ccccc2)c2ccccc2)c2ccccc2C)c1)c1ccccc1C. The van der Waals surface area contributed by atoms with Crippen molar-refractivity contribution in [2.75, 3.05) is 7.05 Å². The number of nitrogens with two attached hydrogens (primary N) is 2. The fraction of sp³-hybridized carbons (Fsp3) is 0.0690. The predicted molar refractivity (Wildman–Crippen MR) is 271 cm³/mol. The normalized spacial score (nSPS) is 13.0. The average molecular weight is 831 g/mol. The summed E-state index contributed by atoms with van der Waals surface area (Å²) in [6.07, 6.45) is 3.17. The van der Waals surface area contributed by atoms with Crippen molar-refractivity contribution in [1.82, 2.24) is 0 Å². The van der Waals surface area contributed by atoms with E-state index in [0.717, 1.165) is 83.4 Å². The minimum atomic E-state index is 0.353. The zero-order chi connectivity index (χ0) is 44.3. The Balaban J connectivity index is 1.27. The van der Waals surface area contributed by atoms with Gasteiger partial charge in [-0.05, 0) is 64.6 Å². The number of rotatable bonds is 13. The molecule has 0 aliphatic rings. The predicted octanol–water partition coefficient (Wildman–Crippen LogP) is 12.4. The number of aryl methyl sites for hydroxylation is 2. The Hall–Kier alpha value is -8.22. The van der Waals surface area contributed by atoms with E-state index in [4.69, 9.17) is 31.4 Å². The lowest BCUT2D eigenvalue weighted by atomic mass is 9.94.